The molecular formula is C23H28N2O. The lowest BCUT2D eigenvalue weighted by Crippen LogP contribution is -2.37. The number of aromatic nitrogens is 1. The lowest BCUT2D eigenvalue weighted by molar-refractivity contribution is 0.148. The van der Waals surface area contributed by atoms with Crippen molar-refractivity contribution in [2.75, 3.05) is 26.2 Å². The van der Waals surface area contributed by atoms with Gasteiger partial charge in [-0.15, -0.1) is 0 Å². The molecule has 1 aliphatic rings. The molecule has 2 heterocycles. The van der Waals surface area contributed by atoms with Gasteiger partial charge in [0, 0.05) is 25.5 Å². The zero-order valence-corrected chi connectivity index (χ0v) is 15.6. The van der Waals surface area contributed by atoms with Crippen LogP contribution >= 0.6 is 0 Å². The van der Waals surface area contributed by atoms with Crippen molar-refractivity contribution in [3.8, 4) is 5.75 Å². The van der Waals surface area contributed by atoms with Gasteiger partial charge >= 0.3 is 0 Å². The Labute approximate surface area is 156 Å². The van der Waals surface area contributed by atoms with E-state index in [1.54, 1.807) is 0 Å². The van der Waals surface area contributed by atoms with Crippen LogP contribution in [-0.4, -0.2) is 35.7 Å². The largest absolute Gasteiger partial charge is 0.492 e. The molecule has 4 rings (SSSR count). The van der Waals surface area contributed by atoms with Crippen LogP contribution < -0.4 is 4.74 Å². The summed E-state index contributed by atoms with van der Waals surface area (Å²) in [7, 11) is 0. The first-order valence-electron chi connectivity index (χ1n) is 9.72. The number of fused-ring (bicyclic) bond motifs is 1. The number of ether oxygens (including phenoxy) is 1. The second-order valence-electron chi connectivity index (χ2n) is 7.53. The van der Waals surface area contributed by atoms with Gasteiger partial charge in [0.25, 0.3) is 0 Å². The van der Waals surface area contributed by atoms with Crippen LogP contribution in [0, 0.1) is 12.8 Å². The minimum Gasteiger partial charge on any atom is -0.492 e. The van der Waals surface area contributed by atoms with Gasteiger partial charge in [0.05, 0.1) is 0 Å². The van der Waals surface area contributed by atoms with Gasteiger partial charge in [-0.3, -0.25) is 4.90 Å². The van der Waals surface area contributed by atoms with E-state index in [0.29, 0.717) is 0 Å². The van der Waals surface area contributed by atoms with E-state index in [4.69, 9.17) is 4.74 Å². The normalized spacial score (nSPS) is 16.2. The summed E-state index contributed by atoms with van der Waals surface area (Å²) in [5, 5.41) is 2.69. The molecule has 1 aromatic heterocycles. The van der Waals surface area contributed by atoms with Crippen molar-refractivity contribution in [1.29, 1.82) is 0 Å². The second kappa shape index (κ2) is 7.96. The molecule has 0 amide bonds. The molecule has 0 radical (unpaired) electrons. The van der Waals surface area contributed by atoms with E-state index in [2.05, 4.69) is 71.2 Å². The number of likely N-dealkylation sites (tertiary alicyclic amines) is 1. The molecule has 0 unspecified atom stereocenters. The van der Waals surface area contributed by atoms with Crippen molar-refractivity contribution in [3.05, 3.63) is 66.5 Å². The average molecular weight is 348 g/mol. The third-order valence-corrected chi connectivity index (χ3v) is 5.45. The van der Waals surface area contributed by atoms with Crippen molar-refractivity contribution >= 4 is 10.8 Å². The van der Waals surface area contributed by atoms with E-state index in [9.17, 15) is 0 Å². The highest BCUT2D eigenvalue weighted by Crippen LogP contribution is 2.22. The Kier molecular flexibility index (Phi) is 5.26. The Bertz CT molecular complexity index is 813. The monoisotopic (exact) mass is 348 g/mol. The first-order chi connectivity index (χ1) is 12.8. The maximum Gasteiger partial charge on any atom is 0.119 e. The topological polar surface area (TPSA) is 17.4 Å². The molecule has 0 spiro atoms. The fourth-order valence-corrected chi connectivity index (χ4v) is 3.93. The van der Waals surface area contributed by atoms with Crippen LogP contribution in [0.15, 0.2) is 60.9 Å². The summed E-state index contributed by atoms with van der Waals surface area (Å²) in [4.78, 5) is 2.54. The summed E-state index contributed by atoms with van der Waals surface area (Å²) in [6.45, 7) is 7.41. The fraction of sp³-hybridized carbons (Fsp3) is 0.391. The number of nitrogens with zero attached hydrogens (tertiary/aromatic N) is 2. The van der Waals surface area contributed by atoms with Gasteiger partial charge in [-0.05, 0) is 67.2 Å². The van der Waals surface area contributed by atoms with Crippen LogP contribution in [0.3, 0.4) is 0 Å². The summed E-state index contributed by atoms with van der Waals surface area (Å²) >= 11 is 0. The Morgan fingerprint density at radius 1 is 0.962 bits per heavy atom. The molecule has 1 saturated heterocycles. The SMILES string of the molecule is Cc1cccc(OCCN2CCC(Cn3cc4ccccc4c3)CC2)c1. The van der Waals surface area contributed by atoms with Crippen LogP contribution in [-0.2, 0) is 6.54 Å². The van der Waals surface area contributed by atoms with E-state index in [-0.39, 0.29) is 0 Å². The van der Waals surface area contributed by atoms with Gasteiger partial charge in [0.1, 0.15) is 12.4 Å². The number of benzene rings is 2. The molecule has 26 heavy (non-hydrogen) atoms. The van der Waals surface area contributed by atoms with Gasteiger partial charge in [0.2, 0.25) is 0 Å². The molecule has 3 aromatic rings. The number of rotatable bonds is 6. The first-order valence-corrected chi connectivity index (χ1v) is 9.72. The van der Waals surface area contributed by atoms with Crippen LogP contribution in [0.5, 0.6) is 5.75 Å². The molecule has 3 heteroatoms. The highest BCUT2D eigenvalue weighted by atomic mass is 16.5. The van der Waals surface area contributed by atoms with E-state index >= 15 is 0 Å². The summed E-state index contributed by atoms with van der Waals surface area (Å²) < 4.78 is 8.28. The second-order valence-corrected chi connectivity index (χ2v) is 7.53. The standard InChI is InChI=1S/C23H28N2O/c1-19-5-4-8-23(15-19)26-14-13-24-11-9-20(10-12-24)16-25-17-21-6-2-3-7-22(21)18-25/h2-8,15,17-18,20H,9-14,16H2,1H3. The quantitative estimate of drug-likeness (QED) is 0.640. The molecule has 1 fully saturated rings. The fourth-order valence-electron chi connectivity index (χ4n) is 3.93. The van der Waals surface area contributed by atoms with Crippen LogP contribution in [0.2, 0.25) is 0 Å². The molecule has 1 aliphatic heterocycles. The van der Waals surface area contributed by atoms with E-state index in [1.807, 2.05) is 6.07 Å². The molecule has 0 N–H and O–H groups in total. The minimum absolute atomic E-state index is 0.775. The summed E-state index contributed by atoms with van der Waals surface area (Å²) in [5.41, 5.74) is 1.25. The summed E-state index contributed by atoms with van der Waals surface area (Å²) in [6, 6.07) is 16.9. The van der Waals surface area contributed by atoms with Gasteiger partial charge in [-0.2, -0.15) is 0 Å². The van der Waals surface area contributed by atoms with Crippen LogP contribution in [0.4, 0.5) is 0 Å². The molecule has 2 aromatic carbocycles. The Balaban J connectivity index is 1.21. The van der Waals surface area contributed by atoms with Crippen LogP contribution in [0.25, 0.3) is 10.8 Å². The highest BCUT2D eigenvalue weighted by molar-refractivity contribution is 5.82. The minimum atomic E-state index is 0.775. The maximum atomic E-state index is 5.90. The lowest BCUT2D eigenvalue weighted by atomic mass is 9.97. The first kappa shape index (κ1) is 17.2. The molecular weight excluding hydrogens is 320 g/mol. The van der Waals surface area contributed by atoms with Gasteiger partial charge in [0.15, 0.2) is 0 Å². The van der Waals surface area contributed by atoms with Crippen LogP contribution in [0.1, 0.15) is 18.4 Å². The number of hydrogen-bond acceptors (Lipinski definition) is 2. The van der Waals surface area contributed by atoms with E-state index in [1.165, 1.54) is 42.3 Å². The van der Waals surface area contributed by atoms with Crippen molar-refractivity contribution in [2.45, 2.75) is 26.3 Å². The third-order valence-electron chi connectivity index (χ3n) is 5.45. The molecule has 0 bridgehead atoms. The van der Waals surface area contributed by atoms with E-state index < -0.39 is 0 Å². The Hall–Kier alpha value is -2.26. The third kappa shape index (κ3) is 4.28. The smallest absolute Gasteiger partial charge is 0.119 e. The Morgan fingerprint density at radius 2 is 1.69 bits per heavy atom. The highest BCUT2D eigenvalue weighted by Gasteiger charge is 2.19. The zero-order chi connectivity index (χ0) is 17.8. The zero-order valence-electron chi connectivity index (χ0n) is 15.6. The maximum absolute atomic E-state index is 5.90. The average Bonchev–Trinajstić information content (AvgIpc) is 3.05. The molecule has 0 saturated carbocycles. The Morgan fingerprint density at radius 3 is 2.38 bits per heavy atom. The van der Waals surface area contributed by atoms with Gasteiger partial charge in [-0.1, -0.05) is 36.4 Å². The van der Waals surface area contributed by atoms with Crippen molar-refractivity contribution in [1.82, 2.24) is 9.47 Å². The van der Waals surface area contributed by atoms with Crippen molar-refractivity contribution in [2.24, 2.45) is 5.92 Å². The molecule has 136 valence electrons. The molecule has 3 nitrogen and oxygen atoms in total. The van der Waals surface area contributed by atoms with Gasteiger partial charge in [-0.25, -0.2) is 0 Å². The summed E-state index contributed by atoms with van der Waals surface area (Å²) in [6.07, 6.45) is 7.13. The predicted molar refractivity (Wildman–Crippen MR) is 108 cm³/mol. The number of piperidine rings is 1. The molecule has 0 aliphatic carbocycles. The number of hydrogen-bond donors (Lipinski definition) is 0. The number of aryl methyl sites for hydroxylation is 1. The lowest BCUT2D eigenvalue weighted by Gasteiger charge is -2.32. The van der Waals surface area contributed by atoms with Crippen molar-refractivity contribution < 1.29 is 4.74 Å². The predicted octanol–water partition coefficient (Wildman–Crippen LogP) is 4.74. The van der Waals surface area contributed by atoms with Crippen molar-refractivity contribution in [3.63, 3.8) is 0 Å². The van der Waals surface area contributed by atoms with E-state index in [0.717, 1.165) is 31.4 Å². The molecule has 0 atom stereocenters. The summed E-state index contributed by atoms with van der Waals surface area (Å²) in [5.74, 6) is 1.77. The van der Waals surface area contributed by atoms with Gasteiger partial charge < -0.3 is 9.30 Å².